The van der Waals surface area contributed by atoms with Gasteiger partial charge in [0.1, 0.15) is 0 Å². The molecule has 1 saturated heterocycles. The highest BCUT2D eigenvalue weighted by atomic mass is 32.1. The number of nitrogens with one attached hydrogen (secondary N) is 2. The molecule has 17 heavy (non-hydrogen) atoms. The highest BCUT2D eigenvalue weighted by Gasteiger charge is 2.18. The van der Waals surface area contributed by atoms with Gasteiger partial charge in [-0.1, -0.05) is 12.8 Å². The first-order valence-electron chi connectivity index (χ1n) is 6.38. The molecule has 0 spiro atoms. The summed E-state index contributed by atoms with van der Waals surface area (Å²) >= 11 is 1.70. The highest BCUT2D eigenvalue weighted by molar-refractivity contribution is 7.07. The summed E-state index contributed by atoms with van der Waals surface area (Å²) in [4.78, 5) is 11.9. The highest BCUT2D eigenvalue weighted by Crippen LogP contribution is 2.09. The van der Waals surface area contributed by atoms with Crippen LogP contribution in [0.2, 0.25) is 0 Å². The molecule has 1 unspecified atom stereocenters. The topological polar surface area (TPSA) is 41.1 Å². The molecule has 2 N–H and O–H groups in total. The fourth-order valence-corrected chi connectivity index (χ4v) is 2.84. The van der Waals surface area contributed by atoms with E-state index in [0.717, 1.165) is 32.4 Å². The first-order chi connectivity index (χ1) is 8.36. The molecular formula is C13H20N2OS. The zero-order valence-electron chi connectivity index (χ0n) is 10.1. The molecule has 2 rings (SSSR count). The van der Waals surface area contributed by atoms with E-state index in [-0.39, 0.29) is 11.9 Å². The van der Waals surface area contributed by atoms with Crippen LogP contribution in [-0.4, -0.2) is 25.0 Å². The van der Waals surface area contributed by atoms with Crippen molar-refractivity contribution >= 4 is 17.2 Å². The van der Waals surface area contributed by atoms with Crippen LogP contribution in [0.5, 0.6) is 0 Å². The van der Waals surface area contributed by atoms with Crippen LogP contribution in [0, 0.1) is 0 Å². The lowest BCUT2D eigenvalue weighted by molar-refractivity contribution is -0.123. The summed E-state index contributed by atoms with van der Waals surface area (Å²) in [5.41, 5.74) is 1.31. The maximum Gasteiger partial charge on any atom is 0.237 e. The third-order valence-electron chi connectivity index (χ3n) is 3.17. The Hall–Kier alpha value is -0.870. The van der Waals surface area contributed by atoms with Gasteiger partial charge in [-0.2, -0.15) is 11.3 Å². The molecule has 3 nitrogen and oxygen atoms in total. The Kier molecular flexibility index (Phi) is 5.01. The summed E-state index contributed by atoms with van der Waals surface area (Å²) in [5, 5.41) is 10.5. The Balaban J connectivity index is 1.69. The van der Waals surface area contributed by atoms with Crippen LogP contribution in [0.25, 0.3) is 0 Å². The van der Waals surface area contributed by atoms with Crippen LogP contribution in [0.1, 0.15) is 31.2 Å². The van der Waals surface area contributed by atoms with Gasteiger partial charge in [0.05, 0.1) is 6.04 Å². The van der Waals surface area contributed by atoms with E-state index in [9.17, 15) is 4.79 Å². The Morgan fingerprint density at radius 3 is 3.24 bits per heavy atom. The number of carbonyl (C=O) groups excluding carboxylic acids is 1. The van der Waals surface area contributed by atoms with E-state index in [0.29, 0.717) is 0 Å². The van der Waals surface area contributed by atoms with Crippen LogP contribution >= 0.6 is 11.3 Å². The minimum atomic E-state index is 0.0278. The third-order valence-corrected chi connectivity index (χ3v) is 3.90. The normalized spacial score (nSPS) is 20.8. The van der Waals surface area contributed by atoms with Crippen molar-refractivity contribution in [2.75, 3.05) is 13.1 Å². The minimum absolute atomic E-state index is 0.0278. The summed E-state index contributed by atoms with van der Waals surface area (Å²) in [7, 11) is 0. The second-order valence-electron chi connectivity index (χ2n) is 4.53. The predicted octanol–water partition coefficient (Wildman–Crippen LogP) is 1.94. The Morgan fingerprint density at radius 1 is 1.47 bits per heavy atom. The van der Waals surface area contributed by atoms with Gasteiger partial charge >= 0.3 is 0 Å². The second kappa shape index (κ2) is 6.77. The fourth-order valence-electron chi connectivity index (χ4n) is 2.14. The van der Waals surface area contributed by atoms with Crippen molar-refractivity contribution in [2.24, 2.45) is 0 Å². The van der Waals surface area contributed by atoms with Gasteiger partial charge in [0.25, 0.3) is 0 Å². The van der Waals surface area contributed by atoms with Crippen LogP contribution in [0.4, 0.5) is 0 Å². The molecular weight excluding hydrogens is 232 g/mol. The Bertz CT molecular complexity index is 329. The first-order valence-corrected chi connectivity index (χ1v) is 7.33. The number of hydrogen-bond donors (Lipinski definition) is 2. The van der Waals surface area contributed by atoms with E-state index in [1.165, 1.54) is 18.4 Å². The van der Waals surface area contributed by atoms with Crippen molar-refractivity contribution in [3.05, 3.63) is 22.4 Å². The van der Waals surface area contributed by atoms with Crippen molar-refractivity contribution in [3.8, 4) is 0 Å². The average Bonchev–Trinajstić information content (AvgIpc) is 2.69. The summed E-state index contributed by atoms with van der Waals surface area (Å²) in [6.45, 7) is 1.72. The van der Waals surface area contributed by atoms with E-state index in [1.807, 2.05) is 0 Å². The summed E-state index contributed by atoms with van der Waals surface area (Å²) < 4.78 is 0. The van der Waals surface area contributed by atoms with Gasteiger partial charge < -0.3 is 10.6 Å². The zero-order chi connectivity index (χ0) is 11.9. The van der Waals surface area contributed by atoms with E-state index in [1.54, 1.807) is 11.3 Å². The zero-order valence-corrected chi connectivity index (χ0v) is 10.9. The lowest BCUT2D eigenvalue weighted by Gasteiger charge is -2.15. The lowest BCUT2D eigenvalue weighted by Crippen LogP contribution is -2.44. The Labute approximate surface area is 107 Å². The molecule has 1 amide bonds. The van der Waals surface area contributed by atoms with Crippen molar-refractivity contribution in [2.45, 2.75) is 38.1 Å². The van der Waals surface area contributed by atoms with Gasteiger partial charge in [-0.25, -0.2) is 0 Å². The molecule has 0 radical (unpaired) electrons. The SMILES string of the molecule is O=C(NCCc1ccsc1)C1CCCCCN1. The van der Waals surface area contributed by atoms with E-state index < -0.39 is 0 Å². The first kappa shape index (κ1) is 12.6. The summed E-state index contributed by atoms with van der Waals surface area (Å²) in [6, 6.07) is 2.14. The Morgan fingerprint density at radius 2 is 2.41 bits per heavy atom. The minimum Gasteiger partial charge on any atom is -0.354 e. The molecule has 1 aromatic rings. The largest absolute Gasteiger partial charge is 0.354 e. The molecule has 1 aliphatic heterocycles. The number of carbonyl (C=O) groups is 1. The van der Waals surface area contributed by atoms with Crippen LogP contribution in [0.15, 0.2) is 16.8 Å². The van der Waals surface area contributed by atoms with Crippen LogP contribution in [0.3, 0.4) is 0 Å². The van der Waals surface area contributed by atoms with Crippen LogP contribution in [-0.2, 0) is 11.2 Å². The molecule has 4 heteroatoms. The van der Waals surface area contributed by atoms with Gasteiger partial charge in [0.15, 0.2) is 0 Å². The van der Waals surface area contributed by atoms with Crippen molar-refractivity contribution < 1.29 is 4.79 Å². The van der Waals surface area contributed by atoms with E-state index in [2.05, 4.69) is 27.5 Å². The predicted molar refractivity (Wildman–Crippen MR) is 71.3 cm³/mol. The van der Waals surface area contributed by atoms with Gasteiger partial charge in [-0.15, -0.1) is 0 Å². The molecule has 1 atom stereocenters. The number of thiophene rings is 1. The molecule has 1 aromatic heterocycles. The number of rotatable bonds is 4. The monoisotopic (exact) mass is 252 g/mol. The fraction of sp³-hybridized carbons (Fsp3) is 0.615. The van der Waals surface area contributed by atoms with Crippen molar-refractivity contribution in [3.63, 3.8) is 0 Å². The molecule has 0 saturated carbocycles. The molecule has 0 aliphatic carbocycles. The van der Waals surface area contributed by atoms with Gasteiger partial charge in [0.2, 0.25) is 5.91 Å². The lowest BCUT2D eigenvalue weighted by atomic mass is 10.1. The summed E-state index contributed by atoms with van der Waals surface area (Å²) in [5.74, 6) is 0.169. The second-order valence-corrected chi connectivity index (χ2v) is 5.31. The number of hydrogen-bond acceptors (Lipinski definition) is 3. The molecule has 94 valence electrons. The van der Waals surface area contributed by atoms with Crippen molar-refractivity contribution in [1.29, 1.82) is 0 Å². The van der Waals surface area contributed by atoms with Crippen LogP contribution < -0.4 is 10.6 Å². The average molecular weight is 252 g/mol. The number of amides is 1. The smallest absolute Gasteiger partial charge is 0.237 e. The standard InChI is InChI=1S/C13H20N2OS/c16-13(12-4-2-1-3-7-14-12)15-8-5-11-6-9-17-10-11/h6,9-10,12,14H,1-5,7-8H2,(H,15,16). The van der Waals surface area contributed by atoms with E-state index >= 15 is 0 Å². The maximum atomic E-state index is 11.9. The quantitative estimate of drug-likeness (QED) is 0.860. The van der Waals surface area contributed by atoms with E-state index in [4.69, 9.17) is 0 Å². The van der Waals surface area contributed by atoms with Gasteiger partial charge in [0, 0.05) is 6.54 Å². The van der Waals surface area contributed by atoms with Gasteiger partial charge in [-0.3, -0.25) is 4.79 Å². The third kappa shape index (κ3) is 4.13. The molecule has 1 fully saturated rings. The molecule has 1 aliphatic rings. The van der Waals surface area contributed by atoms with Crippen molar-refractivity contribution in [1.82, 2.24) is 10.6 Å². The summed E-state index contributed by atoms with van der Waals surface area (Å²) in [6.07, 6.45) is 5.51. The molecule has 0 aromatic carbocycles. The molecule has 0 bridgehead atoms. The molecule has 2 heterocycles. The van der Waals surface area contributed by atoms with Gasteiger partial charge in [-0.05, 0) is 48.2 Å². The maximum absolute atomic E-state index is 11.9.